The van der Waals surface area contributed by atoms with E-state index in [1.807, 2.05) is 19.1 Å². The molecular formula is C13H13BrN2O2S. The standard InChI is InChI=1S/C13H13BrN2O2S/c1-2-16(8-10-4-5-11(14)19-10)13(18)9-3-6-12(17)15-7-9/h3-7H,2,8H2,1H3,(H,15,17). The maximum atomic E-state index is 12.3. The predicted octanol–water partition coefficient (Wildman–Crippen LogP) is 2.86. The van der Waals surface area contributed by atoms with Gasteiger partial charge in [0.05, 0.1) is 15.9 Å². The third-order valence-corrected chi connectivity index (χ3v) is 4.28. The summed E-state index contributed by atoms with van der Waals surface area (Å²) >= 11 is 5.02. The fraction of sp³-hybridized carbons (Fsp3) is 0.231. The van der Waals surface area contributed by atoms with Gasteiger partial charge in [-0.15, -0.1) is 11.3 Å². The van der Waals surface area contributed by atoms with Crippen molar-refractivity contribution in [2.24, 2.45) is 0 Å². The molecule has 2 rings (SSSR count). The minimum atomic E-state index is -0.207. The van der Waals surface area contributed by atoms with Gasteiger partial charge in [0, 0.05) is 23.7 Å². The van der Waals surface area contributed by atoms with Crippen molar-refractivity contribution in [3.8, 4) is 0 Å². The smallest absolute Gasteiger partial charge is 0.255 e. The average Bonchev–Trinajstić information content (AvgIpc) is 2.81. The lowest BCUT2D eigenvalue weighted by atomic mass is 10.2. The predicted molar refractivity (Wildman–Crippen MR) is 79.5 cm³/mol. The van der Waals surface area contributed by atoms with E-state index in [0.717, 1.165) is 8.66 Å². The van der Waals surface area contributed by atoms with Crippen LogP contribution in [0.4, 0.5) is 0 Å². The zero-order valence-corrected chi connectivity index (χ0v) is 12.8. The van der Waals surface area contributed by atoms with Crippen LogP contribution in [0.3, 0.4) is 0 Å². The number of halogens is 1. The fourth-order valence-electron chi connectivity index (χ4n) is 1.68. The Morgan fingerprint density at radius 2 is 2.16 bits per heavy atom. The first-order chi connectivity index (χ1) is 9.10. The summed E-state index contributed by atoms with van der Waals surface area (Å²) < 4.78 is 1.05. The van der Waals surface area contributed by atoms with Gasteiger partial charge in [0.1, 0.15) is 0 Å². The van der Waals surface area contributed by atoms with E-state index >= 15 is 0 Å². The average molecular weight is 341 g/mol. The normalized spacial score (nSPS) is 10.4. The summed E-state index contributed by atoms with van der Waals surface area (Å²) in [7, 11) is 0. The van der Waals surface area contributed by atoms with E-state index in [-0.39, 0.29) is 11.5 Å². The summed E-state index contributed by atoms with van der Waals surface area (Å²) in [6.07, 6.45) is 1.46. The highest BCUT2D eigenvalue weighted by Crippen LogP contribution is 2.23. The van der Waals surface area contributed by atoms with Crippen LogP contribution < -0.4 is 5.56 Å². The van der Waals surface area contributed by atoms with E-state index < -0.39 is 0 Å². The van der Waals surface area contributed by atoms with Gasteiger partial charge in [0.15, 0.2) is 0 Å². The lowest BCUT2D eigenvalue weighted by Crippen LogP contribution is -2.30. The molecule has 0 aliphatic carbocycles. The molecule has 0 aliphatic heterocycles. The topological polar surface area (TPSA) is 53.2 Å². The molecule has 6 heteroatoms. The molecule has 0 saturated carbocycles. The number of carbonyl (C=O) groups is 1. The summed E-state index contributed by atoms with van der Waals surface area (Å²) in [5.41, 5.74) is 0.291. The molecule has 100 valence electrons. The van der Waals surface area contributed by atoms with Gasteiger partial charge in [-0.05, 0) is 41.1 Å². The van der Waals surface area contributed by atoms with Gasteiger partial charge in [-0.25, -0.2) is 0 Å². The molecule has 0 spiro atoms. The van der Waals surface area contributed by atoms with Crippen LogP contribution in [0, 0.1) is 0 Å². The van der Waals surface area contributed by atoms with Gasteiger partial charge < -0.3 is 9.88 Å². The van der Waals surface area contributed by atoms with Gasteiger partial charge in [0.2, 0.25) is 5.56 Å². The fourth-order valence-corrected chi connectivity index (χ4v) is 3.18. The van der Waals surface area contributed by atoms with Gasteiger partial charge in [-0.2, -0.15) is 0 Å². The third kappa shape index (κ3) is 3.54. The van der Waals surface area contributed by atoms with Crippen molar-refractivity contribution in [2.45, 2.75) is 13.5 Å². The lowest BCUT2D eigenvalue weighted by molar-refractivity contribution is 0.0753. The number of hydrogen-bond acceptors (Lipinski definition) is 3. The number of thiophene rings is 1. The minimum Gasteiger partial charge on any atom is -0.334 e. The number of carbonyl (C=O) groups excluding carboxylic acids is 1. The second-order valence-electron chi connectivity index (χ2n) is 3.97. The molecule has 0 aromatic carbocycles. The number of hydrogen-bond donors (Lipinski definition) is 1. The first kappa shape index (κ1) is 14.0. The Hall–Kier alpha value is -1.40. The number of H-pyrrole nitrogens is 1. The Morgan fingerprint density at radius 1 is 1.37 bits per heavy atom. The monoisotopic (exact) mass is 340 g/mol. The van der Waals surface area contributed by atoms with Crippen LogP contribution >= 0.6 is 27.3 Å². The summed E-state index contributed by atoms with van der Waals surface area (Å²) in [5.74, 6) is -0.0803. The number of aromatic amines is 1. The maximum absolute atomic E-state index is 12.3. The van der Waals surface area contributed by atoms with Crippen molar-refractivity contribution in [3.63, 3.8) is 0 Å². The van der Waals surface area contributed by atoms with Gasteiger partial charge in [0.25, 0.3) is 5.91 Å². The van der Waals surface area contributed by atoms with E-state index in [0.29, 0.717) is 18.7 Å². The van der Waals surface area contributed by atoms with Crippen molar-refractivity contribution in [3.05, 3.63) is 55.0 Å². The van der Waals surface area contributed by atoms with E-state index in [1.54, 1.807) is 22.3 Å². The molecule has 2 heterocycles. The molecule has 1 N–H and O–H groups in total. The van der Waals surface area contributed by atoms with Crippen molar-refractivity contribution < 1.29 is 4.79 Å². The molecule has 0 saturated heterocycles. The number of nitrogens with one attached hydrogen (secondary N) is 1. The minimum absolute atomic E-state index is 0.0803. The van der Waals surface area contributed by atoms with Crippen molar-refractivity contribution in [1.29, 1.82) is 0 Å². The molecule has 0 radical (unpaired) electrons. The highest BCUT2D eigenvalue weighted by molar-refractivity contribution is 9.11. The summed E-state index contributed by atoms with van der Waals surface area (Å²) in [6.45, 7) is 3.13. The highest BCUT2D eigenvalue weighted by Gasteiger charge is 2.15. The summed E-state index contributed by atoms with van der Waals surface area (Å²) in [6, 6.07) is 6.88. The molecule has 2 aromatic heterocycles. The van der Waals surface area contributed by atoms with Crippen molar-refractivity contribution >= 4 is 33.2 Å². The van der Waals surface area contributed by atoms with Crippen LogP contribution in [0.15, 0.2) is 39.0 Å². The first-order valence-corrected chi connectivity index (χ1v) is 7.43. The lowest BCUT2D eigenvalue weighted by Gasteiger charge is -2.20. The molecule has 0 unspecified atom stereocenters. The Labute approximate surface area is 123 Å². The van der Waals surface area contributed by atoms with Crippen molar-refractivity contribution in [1.82, 2.24) is 9.88 Å². The number of nitrogens with zero attached hydrogens (tertiary/aromatic N) is 1. The van der Waals surface area contributed by atoms with Crippen molar-refractivity contribution in [2.75, 3.05) is 6.54 Å². The SMILES string of the molecule is CCN(Cc1ccc(Br)s1)C(=O)c1ccc(=O)[nH]c1. The first-order valence-electron chi connectivity index (χ1n) is 5.82. The molecule has 0 fully saturated rings. The Bertz CT molecular complexity index is 615. The number of rotatable bonds is 4. The molecule has 2 aromatic rings. The summed E-state index contributed by atoms with van der Waals surface area (Å²) in [4.78, 5) is 28.7. The quantitative estimate of drug-likeness (QED) is 0.930. The van der Waals surface area contributed by atoms with Gasteiger partial charge in [-0.1, -0.05) is 0 Å². The zero-order valence-electron chi connectivity index (χ0n) is 10.4. The largest absolute Gasteiger partial charge is 0.334 e. The van der Waals surface area contributed by atoms with Gasteiger partial charge >= 0.3 is 0 Å². The number of amides is 1. The van der Waals surface area contributed by atoms with Crippen LogP contribution in [0.2, 0.25) is 0 Å². The van der Waals surface area contributed by atoms with Crippen LogP contribution in [-0.2, 0) is 6.54 Å². The number of aromatic nitrogens is 1. The third-order valence-electron chi connectivity index (χ3n) is 2.68. The Kier molecular flexibility index (Phi) is 4.55. The van der Waals surface area contributed by atoms with E-state index in [4.69, 9.17) is 0 Å². The maximum Gasteiger partial charge on any atom is 0.255 e. The molecule has 4 nitrogen and oxygen atoms in total. The van der Waals surface area contributed by atoms with E-state index in [9.17, 15) is 9.59 Å². The van der Waals surface area contributed by atoms with E-state index in [1.165, 1.54) is 12.3 Å². The summed E-state index contributed by atoms with van der Waals surface area (Å²) in [5, 5.41) is 0. The number of pyridine rings is 1. The zero-order chi connectivity index (χ0) is 13.8. The Balaban J connectivity index is 2.15. The molecular weight excluding hydrogens is 328 g/mol. The van der Waals surface area contributed by atoms with Gasteiger partial charge in [-0.3, -0.25) is 9.59 Å². The molecule has 19 heavy (non-hydrogen) atoms. The van der Waals surface area contributed by atoms with E-state index in [2.05, 4.69) is 20.9 Å². The Morgan fingerprint density at radius 3 is 2.68 bits per heavy atom. The molecule has 0 atom stereocenters. The highest BCUT2D eigenvalue weighted by atomic mass is 79.9. The van der Waals surface area contributed by atoms with Crippen LogP contribution in [0.1, 0.15) is 22.2 Å². The second kappa shape index (κ2) is 6.16. The van der Waals surface area contributed by atoms with Crippen LogP contribution in [0.5, 0.6) is 0 Å². The molecule has 1 amide bonds. The van der Waals surface area contributed by atoms with Crippen LogP contribution in [-0.4, -0.2) is 22.3 Å². The molecule has 0 aliphatic rings. The molecule has 0 bridgehead atoms. The van der Waals surface area contributed by atoms with Crippen LogP contribution in [0.25, 0.3) is 0 Å². The second-order valence-corrected chi connectivity index (χ2v) is 6.51.